The molecule has 0 saturated heterocycles. The van der Waals surface area contributed by atoms with E-state index in [9.17, 15) is 8.42 Å². The zero-order valence-electron chi connectivity index (χ0n) is 13.2. The Morgan fingerprint density at radius 3 is 2.33 bits per heavy atom. The summed E-state index contributed by atoms with van der Waals surface area (Å²) in [4.78, 5) is 0. The molecule has 1 rings (SSSR count). The summed E-state index contributed by atoms with van der Waals surface area (Å²) in [5, 5.41) is 3.29. The van der Waals surface area contributed by atoms with Gasteiger partial charge in [0, 0.05) is 18.3 Å². The van der Waals surface area contributed by atoms with Crippen LogP contribution in [0.3, 0.4) is 0 Å². The van der Waals surface area contributed by atoms with Crippen LogP contribution in [0.15, 0.2) is 18.2 Å². The molecule has 1 N–H and O–H groups in total. The molecule has 1 unspecified atom stereocenters. The van der Waals surface area contributed by atoms with E-state index in [-0.39, 0.29) is 17.5 Å². The average Bonchev–Trinajstić information content (AvgIpc) is 2.51. The first-order valence-corrected chi connectivity index (χ1v) is 8.95. The van der Waals surface area contributed by atoms with Gasteiger partial charge in [-0.15, -0.1) is 0 Å². The molecule has 1 aromatic rings. The third kappa shape index (κ3) is 5.21. The van der Waals surface area contributed by atoms with Crippen molar-refractivity contribution in [2.45, 2.75) is 26.3 Å². The third-order valence-corrected chi connectivity index (χ3v) is 5.17. The largest absolute Gasteiger partial charge is 0.493 e. The minimum Gasteiger partial charge on any atom is -0.493 e. The summed E-state index contributed by atoms with van der Waals surface area (Å²) >= 11 is 0. The quantitative estimate of drug-likeness (QED) is 0.756. The van der Waals surface area contributed by atoms with Crippen LogP contribution in [0, 0.1) is 0 Å². The van der Waals surface area contributed by atoms with E-state index in [0.717, 1.165) is 12.0 Å². The summed E-state index contributed by atoms with van der Waals surface area (Å²) in [6.45, 7) is 4.17. The average molecular weight is 315 g/mol. The lowest BCUT2D eigenvalue weighted by molar-refractivity contribution is 0.353. The lowest BCUT2D eigenvalue weighted by atomic mass is 10.0. The zero-order chi connectivity index (χ0) is 15.9. The minimum absolute atomic E-state index is 0.0943. The normalized spacial score (nSPS) is 13.0. The van der Waals surface area contributed by atoms with Crippen LogP contribution in [0.2, 0.25) is 0 Å². The van der Waals surface area contributed by atoms with Gasteiger partial charge in [0.15, 0.2) is 21.3 Å². The summed E-state index contributed by atoms with van der Waals surface area (Å²) in [6.07, 6.45) is 0.863. The first kappa shape index (κ1) is 17.8. The molecular formula is C15H25NO4S. The Kier molecular flexibility index (Phi) is 6.98. The van der Waals surface area contributed by atoms with Gasteiger partial charge in [-0.2, -0.15) is 0 Å². The standard InChI is InChI=1S/C15H25NO4S/c1-5-13(16-9-10-21(17,18)6-2)12-7-8-14(19-3)15(11-12)20-4/h7-8,11,13,16H,5-6,9-10H2,1-4H3. The van der Waals surface area contributed by atoms with Crippen LogP contribution >= 0.6 is 0 Å². The molecular weight excluding hydrogens is 290 g/mol. The SMILES string of the molecule is CCC(NCCS(=O)(=O)CC)c1ccc(OC)c(OC)c1. The van der Waals surface area contributed by atoms with Crippen LogP contribution in [0.25, 0.3) is 0 Å². The molecule has 1 aromatic carbocycles. The molecule has 1 atom stereocenters. The van der Waals surface area contributed by atoms with Crippen LogP contribution in [0.1, 0.15) is 31.9 Å². The highest BCUT2D eigenvalue weighted by Crippen LogP contribution is 2.30. The number of hydrogen-bond donors (Lipinski definition) is 1. The van der Waals surface area contributed by atoms with Gasteiger partial charge in [0.2, 0.25) is 0 Å². The van der Waals surface area contributed by atoms with E-state index >= 15 is 0 Å². The van der Waals surface area contributed by atoms with Crippen LogP contribution in [-0.2, 0) is 9.84 Å². The van der Waals surface area contributed by atoms with Gasteiger partial charge in [0.05, 0.1) is 20.0 Å². The van der Waals surface area contributed by atoms with Crippen molar-refractivity contribution in [3.63, 3.8) is 0 Å². The van der Waals surface area contributed by atoms with Gasteiger partial charge in [-0.25, -0.2) is 8.42 Å². The van der Waals surface area contributed by atoms with E-state index in [0.29, 0.717) is 18.0 Å². The van der Waals surface area contributed by atoms with Gasteiger partial charge in [0.25, 0.3) is 0 Å². The van der Waals surface area contributed by atoms with Crippen molar-refractivity contribution < 1.29 is 17.9 Å². The number of ether oxygens (including phenoxy) is 2. The second kappa shape index (κ2) is 8.24. The summed E-state index contributed by atoms with van der Waals surface area (Å²) in [6, 6.07) is 5.85. The third-order valence-electron chi connectivity index (χ3n) is 3.46. The molecule has 0 aliphatic heterocycles. The van der Waals surface area contributed by atoms with Gasteiger partial charge >= 0.3 is 0 Å². The van der Waals surface area contributed by atoms with Crippen LogP contribution in [0.5, 0.6) is 11.5 Å². The van der Waals surface area contributed by atoms with Gasteiger partial charge < -0.3 is 14.8 Å². The molecule has 0 aliphatic carbocycles. The molecule has 0 aliphatic rings. The van der Waals surface area contributed by atoms with Crippen molar-refractivity contribution in [2.24, 2.45) is 0 Å². The molecule has 6 heteroatoms. The van der Waals surface area contributed by atoms with E-state index < -0.39 is 9.84 Å². The fraction of sp³-hybridized carbons (Fsp3) is 0.600. The number of methoxy groups -OCH3 is 2. The Balaban J connectivity index is 2.76. The summed E-state index contributed by atoms with van der Waals surface area (Å²) in [7, 11) is 0.265. The van der Waals surface area contributed by atoms with Crippen molar-refractivity contribution >= 4 is 9.84 Å². The summed E-state index contributed by atoms with van der Waals surface area (Å²) in [5.41, 5.74) is 1.06. The Hall–Kier alpha value is -1.27. The monoisotopic (exact) mass is 315 g/mol. The molecule has 21 heavy (non-hydrogen) atoms. The van der Waals surface area contributed by atoms with E-state index in [1.54, 1.807) is 21.1 Å². The smallest absolute Gasteiger partial charge is 0.161 e. The topological polar surface area (TPSA) is 64.6 Å². The number of hydrogen-bond acceptors (Lipinski definition) is 5. The zero-order valence-corrected chi connectivity index (χ0v) is 14.0. The summed E-state index contributed by atoms with van der Waals surface area (Å²) < 4.78 is 33.5. The molecule has 0 spiro atoms. The highest BCUT2D eigenvalue weighted by atomic mass is 32.2. The van der Waals surface area contributed by atoms with Gasteiger partial charge in [-0.3, -0.25) is 0 Å². The molecule has 5 nitrogen and oxygen atoms in total. The maximum Gasteiger partial charge on any atom is 0.161 e. The predicted molar refractivity (Wildman–Crippen MR) is 84.9 cm³/mol. The van der Waals surface area contributed by atoms with Crippen LogP contribution in [0.4, 0.5) is 0 Å². The maximum absolute atomic E-state index is 11.5. The molecule has 0 radical (unpaired) electrons. The van der Waals surface area contributed by atoms with Crippen molar-refractivity contribution in [2.75, 3.05) is 32.3 Å². The number of nitrogens with one attached hydrogen (secondary N) is 1. The molecule has 0 amide bonds. The maximum atomic E-state index is 11.5. The Morgan fingerprint density at radius 1 is 1.14 bits per heavy atom. The van der Waals surface area contributed by atoms with Crippen LogP contribution < -0.4 is 14.8 Å². The van der Waals surface area contributed by atoms with Crippen LogP contribution in [-0.4, -0.2) is 40.7 Å². The highest BCUT2D eigenvalue weighted by Gasteiger charge is 2.14. The molecule has 0 aromatic heterocycles. The predicted octanol–water partition coefficient (Wildman–Crippen LogP) is 2.18. The van der Waals surface area contributed by atoms with E-state index in [1.165, 1.54) is 0 Å². The minimum atomic E-state index is -2.94. The first-order chi connectivity index (χ1) is 9.97. The lowest BCUT2D eigenvalue weighted by Crippen LogP contribution is -2.27. The second-order valence-electron chi connectivity index (χ2n) is 4.77. The molecule has 0 fully saturated rings. The number of benzene rings is 1. The van der Waals surface area contributed by atoms with Gasteiger partial charge in [0.1, 0.15) is 0 Å². The fourth-order valence-electron chi connectivity index (χ4n) is 2.10. The Bertz CT molecular complexity index is 543. The summed E-state index contributed by atoms with van der Waals surface area (Å²) in [5.74, 6) is 1.70. The van der Waals surface area contributed by atoms with E-state index in [4.69, 9.17) is 9.47 Å². The second-order valence-corrected chi connectivity index (χ2v) is 7.24. The Labute approximate surface area is 127 Å². The number of rotatable bonds is 9. The fourth-order valence-corrected chi connectivity index (χ4v) is 2.82. The molecule has 0 saturated carbocycles. The van der Waals surface area contributed by atoms with Crippen molar-refractivity contribution in [3.05, 3.63) is 23.8 Å². The molecule has 120 valence electrons. The highest BCUT2D eigenvalue weighted by molar-refractivity contribution is 7.91. The Morgan fingerprint density at radius 2 is 1.81 bits per heavy atom. The van der Waals surface area contributed by atoms with Crippen molar-refractivity contribution in [1.82, 2.24) is 5.32 Å². The molecule has 0 heterocycles. The van der Waals surface area contributed by atoms with Gasteiger partial charge in [-0.05, 0) is 24.1 Å². The van der Waals surface area contributed by atoms with Gasteiger partial charge in [-0.1, -0.05) is 19.9 Å². The van der Waals surface area contributed by atoms with Crippen molar-refractivity contribution in [3.8, 4) is 11.5 Å². The van der Waals surface area contributed by atoms with E-state index in [1.807, 2.05) is 18.2 Å². The van der Waals surface area contributed by atoms with E-state index in [2.05, 4.69) is 12.2 Å². The number of sulfone groups is 1. The lowest BCUT2D eigenvalue weighted by Gasteiger charge is -2.19. The van der Waals surface area contributed by atoms with Crippen molar-refractivity contribution in [1.29, 1.82) is 0 Å². The first-order valence-electron chi connectivity index (χ1n) is 7.13. The molecule has 0 bridgehead atoms.